The van der Waals surface area contributed by atoms with Crippen molar-refractivity contribution in [3.05, 3.63) is 29.8 Å². The Morgan fingerprint density at radius 1 is 1.36 bits per heavy atom. The predicted molar refractivity (Wildman–Crippen MR) is 71.8 cm³/mol. The van der Waals surface area contributed by atoms with E-state index in [1.165, 1.54) is 7.11 Å². The second kappa shape index (κ2) is 6.04. The number of carboxylic acids is 1. The van der Waals surface area contributed by atoms with Gasteiger partial charge in [0.05, 0.1) is 25.1 Å². The second-order valence-corrected chi connectivity index (χ2v) is 5.44. The second-order valence-electron chi connectivity index (χ2n) is 5.44. The van der Waals surface area contributed by atoms with Gasteiger partial charge < -0.3 is 30.0 Å². The van der Waals surface area contributed by atoms with E-state index in [9.17, 15) is 30.0 Å². The third-order valence-electron chi connectivity index (χ3n) is 4.05. The van der Waals surface area contributed by atoms with Crippen LogP contribution < -0.4 is 9.84 Å². The zero-order valence-electron chi connectivity index (χ0n) is 11.9. The molecule has 22 heavy (non-hydrogen) atoms. The van der Waals surface area contributed by atoms with Crippen molar-refractivity contribution in [3.8, 4) is 5.75 Å². The summed E-state index contributed by atoms with van der Waals surface area (Å²) in [5.41, 5.74) is -1.93. The van der Waals surface area contributed by atoms with E-state index in [1.807, 2.05) is 0 Å². The Kier molecular flexibility index (Phi) is 4.50. The van der Waals surface area contributed by atoms with Gasteiger partial charge in [-0.3, -0.25) is 4.79 Å². The van der Waals surface area contributed by atoms with Crippen LogP contribution in [-0.4, -0.2) is 52.0 Å². The Labute approximate surface area is 126 Å². The summed E-state index contributed by atoms with van der Waals surface area (Å²) in [4.78, 5) is 23.3. The summed E-state index contributed by atoms with van der Waals surface area (Å²) in [6.45, 7) is 0. The van der Waals surface area contributed by atoms with Crippen molar-refractivity contribution >= 4 is 11.8 Å². The normalized spacial score (nSPS) is 31.8. The molecule has 1 fully saturated rings. The van der Waals surface area contributed by atoms with Gasteiger partial charge in [0, 0.05) is 6.42 Å². The number of aliphatic carboxylic acids is 1. The van der Waals surface area contributed by atoms with E-state index < -0.39 is 41.9 Å². The fourth-order valence-corrected chi connectivity index (χ4v) is 2.70. The summed E-state index contributed by atoms with van der Waals surface area (Å²) in [6.07, 6.45) is -4.12. The Morgan fingerprint density at radius 3 is 2.45 bits per heavy atom. The van der Waals surface area contributed by atoms with Crippen molar-refractivity contribution in [2.45, 2.75) is 30.7 Å². The molecule has 0 heterocycles. The number of benzene rings is 1. The monoisotopic (exact) mass is 309 g/mol. The first-order valence-electron chi connectivity index (χ1n) is 6.76. The van der Waals surface area contributed by atoms with Crippen molar-refractivity contribution in [2.75, 3.05) is 7.11 Å². The number of hydrogen-bond donors (Lipinski definition) is 3. The first kappa shape index (κ1) is 16.4. The fourth-order valence-electron chi connectivity index (χ4n) is 2.70. The highest BCUT2D eigenvalue weighted by Gasteiger charge is 2.52. The molecule has 7 heteroatoms. The lowest BCUT2D eigenvalue weighted by atomic mass is 9.69. The summed E-state index contributed by atoms with van der Waals surface area (Å²) in [7, 11) is 1.49. The minimum atomic E-state index is -2.52. The van der Waals surface area contributed by atoms with Gasteiger partial charge in [0.25, 0.3) is 0 Å². The fraction of sp³-hybridized carbons (Fsp3) is 0.467. The van der Waals surface area contributed by atoms with Gasteiger partial charge in [0.15, 0.2) is 5.78 Å². The Balaban J connectivity index is 2.30. The molecule has 1 aliphatic carbocycles. The average Bonchev–Trinajstić information content (AvgIpc) is 2.50. The average molecular weight is 309 g/mol. The molecule has 0 bridgehead atoms. The van der Waals surface area contributed by atoms with Gasteiger partial charge in [-0.05, 0) is 24.1 Å². The molecule has 3 N–H and O–H groups in total. The van der Waals surface area contributed by atoms with E-state index >= 15 is 0 Å². The number of carbonyl (C=O) groups excluding carboxylic acids is 2. The molecule has 0 unspecified atom stereocenters. The highest BCUT2D eigenvalue weighted by Crippen LogP contribution is 2.34. The number of aliphatic hydroxyl groups is 3. The van der Waals surface area contributed by atoms with Crippen molar-refractivity contribution < 1.29 is 34.8 Å². The first-order chi connectivity index (χ1) is 10.3. The molecule has 0 aromatic heterocycles. The Hall–Kier alpha value is -1.96. The zero-order valence-corrected chi connectivity index (χ0v) is 11.9. The molecular weight excluding hydrogens is 292 g/mol. The SMILES string of the molecule is COc1ccc(C[C@@H]2C(=O)[C@@H](O)[C@H](O)C[C@]2(O)C(=O)[O-])cc1. The van der Waals surface area contributed by atoms with E-state index in [2.05, 4.69) is 0 Å². The molecule has 0 aliphatic heterocycles. The number of ether oxygens (including phenoxy) is 1. The number of aliphatic hydroxyl groups excluding tert-OH is 2. The number of hydrogen-bond acceptors (Lipinski definition) is 7. The maximum Gasteiger partial charge on any atom is 0.170 e. The van der Waals surface area contributed by atoms with Crippen LogP contribution in [0.5, 0.6) is 5.75 Å². The number of Topliss-reactive ketones (excluding diaryl/α,β-unsaturated/α-hetero) is 1. The van der Waals surface area contributed by atoms with Crippen LogP contribution in [0.2, 0.25) is 0 Å². The molecule has 7 nitrogen and oxygen atoms in total. The topological polar surface area (TPSA) is 127 Å². The summed E-state index contributed by atoms with van der Waals surface area (Å²) in [5, 5.41) is 40.7. The maximum absolute atomic E-state index is 12.1. The Bertz CT molecular complexity index is 568. The molecule has 1 aliphatic rings. The van der Waals surface area contributed by atoms with Crippen LogP contribution in [0.1, 0.15) is 12.0 Å². The van der Waals surface area contributed by atoms with Gasteiger partial charge in [-0.25, -0.2) is 0 Å². The lowest BCUT2D eigenvalue weighted by molar-refractivity contribution is -0.331. The van der Waals surface area contributed by atoms with E-state index in [0.717, 1.165) is 0 Å². The molecule has 0 radical (unpaired) electrons. The van der Waals surface area contributed by atoms with Crippen LogP contribution in [0.25, 0.3) is 0 Å². The highest BCUT2D eigenvalue weighted by atomic mass is 16.5. The molecule has 0 saturated heterocycles. The summed E-state index contributed by atoms with van der Waals surface area (Å²) < 4.78 is 5.00. The summed E-state index contributed by atoms with van der Waals surface area (Å²) >= 11 is 0. The van der Waals surface area contributed by atoms with Crippen LogP contribution in [-0.2, 0) is 16.0 Å². The molecule has 0 amide bonds. The van der Waals surface area contributed by atoms with E-state index in [-0.39, 0.29) is 6.42 Å². The molecule has 1 saturated carbocycles. The van der Waals surface area contributed by atoms with E-state index in [4.69, 9.17) is 4.74 Å². The van der Waals surface area contributed by atoms with Crippen LogP contribution >= 0.6 is 0 Å². The van der Waals surface area contributed by atoms with Crippen LogP contribution in [0, 0.1) is 5.92 Å². The largest absolute Gasteiger partial charge is 0.547 e. The first-order valence-corrected chi connectivity index (χ1v) is 6.76. The number of methoxy groups -OCH3 is 1. The lowest BCUT2D eigenvalue weighted by Gasteiger charge is -2.43. The molecule has 4 atom stereocenters. The molecular formula is C15H17O7-. The standard InChI is InChI=1S/C15H18O7/c1-22-9-4-2-8(3-5-9)6-10-12(17)13(18)11(16)7-15(10,21)14(19)20/h2-5,10-11,13,16,18,21H,6-7H2,1H3,(H,19,20)/p-1/t10-,11-,13+,15-/m1/s1. The number of carbonyl (C=O) groups is 2. The third-order valence-corrected chi connectivity index (χ3v) is 4.05. The van der Waals surface area contributed by atoms with Gasteiger partial charge in [-0.15, -0.1) is 0 Å². The van der Waals surface area contributed by atoms with Crippen molar-refractivity contribution in [1.82, 2.24) is 0 Å². The van der Waals surface area contributed by atoms with Crippen molar-refractivity contribution in [3.63, 3.8) is 0 Å². The van der Waals surface area contributed by atoms with Gasteiger partial charge in [0.1, 0.15) is 17.5 Å². The third kappa shape index (κ3) is 2.83. The maximum atomic E-state index is 12.1. The highest BCUT2D eigenvalue weighted by molar-refractivity contribution is 5.94. The van der Waals surface area contributed by atoms with Gasteiger partial charge in [-0.2, -0.15) is 0 Å². The molecule has 1 aromatic carbocycles. The summed E-state index contributed by atoms with van der Waals surface area (Å²) in [6, 6.07) is 6.51. The zero-order chi connectivity index (χ0) is 16.5. The molecule has 1 aromatic rings. The number of rotatable bonds is 4. The van der Waals surface area contributed by atoms with E-state index in [0.29, 0.717) is 11.3 Å². The molecule has 2 rings (SSSR count). The van der Waals surface area contributed by atoms with Gasteiger partial charge >= 0.3 is 0 Å². The van der Waals surface area contributed by atoms with Crippen molar-refractivity contribution in [2.24, 2.45) is 5.92 Å². The smallest absolute Gasteiger partial charge is 0.170 e. The Morgan fingerprint density at radius 2 is 1.95 bits per heavy atom. The van der Waals surface area contributed by atoms with Gasteiger partial charge in [0.2, 0.25) is 0 Å². The summed E-state index contributed by atoms with van der Waals surface area (Å²) in [5.74, 6) is -3.57. The molecule has 0 spiro atoms. The number of carboxylic acid groups (broad SMARTS) is 1. The van der Waals surface area contributed by atoms with Crippen LogP contribution in [0.4, 0.5) is 0 Å². The van der Waals surface area contributed by atoms with E-state index in [1.54, 1.807) is 24.3 Å². The molecule has 120 valence electrons. The minimum absolute atomic E-state index is 0.100. The predicted octanol–water partition coefficient (Wildman–Crippen LogP) is -1.97. The number of ketones is 1. The van der Waals surface area contributed by atoms with Crippen LogP contribution in [0.15, 0.2) is 24.3 Å². The minimum Gasteiger partial charge on any atom is -0.547 e. The quantitative estimate of drug-likeness (QED) is 0.588. The van der Waals surface area contributed by atoms with Gasteiger partial charge in [-0.1, -0.05) is 12.1 Å². The van der Waals surface area contributed by atoms with Crippen molar-refractivity contribution in [1.29, 1.82) is 0 Å². The lowest BCUT2D eigenvalue weighted by Crippen LogP contribution is -2.64. The van der Waals surface area contributed by atoms with Crippen LogP contribution in [0.3, 0.4) is 0 Å².